The number of hydrogen-bond donors (Lipinski definition) is 2. The van der Waals surface area contributed by atoms with E-state index in [-0.39, 0.29) is 6.10 Å². The lowest BCUT2D eigenvalue weighted by Gasteiger charge is -2.39. The van der Waals surface area contributed by atoms with E-state index >= 15 is 0 Å². The van der Waals surface area contributed by atoms with Crippen LogP contribution in [-0.4, -0.2) is 33.0 Å². The summed E-state index contributed by atoms with van der Waals surface area (Å²) in [5.74, 6) is 1.72. The zero-order valence-corrected chi connectivity index (χ0v) is 15.5. The third-order valence-electron chi connectivity index (χ3n) is 5.37. The first kappa shape index (κ1) is 17.6. The van der Waals surface area contributed by atoms with Gasteiger partial charge in [0.1, 0.15) is 18.1 Å². The zero-order chi connectivity index (χ0) is 18.1. The third kappa shape index (κ3) is 3.65. The lowest BCUT2D eigenvalue weighted by Crippen LogP contribution is -2.28. The molecule has 0 saturated carbocycles. The van der Waals surface area contributed by atoms with Gasteiger partial charge in [0, 0.05) is 29.9 Å². The number of fused-ring (bicyclic) bond motifs is 3. The van der Waals surface area contributed by atoms with E-state index in [2.05, 4.69) is 18.2 Å². The van der Waals surface area contributed by atoms with Crippen LogP contribution in [0.15, 0.2) is 36.4 Å². The van der Waals surface area contributed by atoms with E-state index < -0.39 is 10.6 Å². The topological polar surface area (TPSA) is 66.8 Å². The largest absolute Gasteiger partial charge is 0.490 e. The Bertz CT molecular complexity index is 821. The van der Waals surface area contributed by atoms with Crippen molar-refractivity contribution in [3.63, 3.8) is 0 Å². The Labute approximate surface area is 155 Å². The van der Waals surface area contributed by atoms with E-state index in [1.807, 2.05) is 18.2 Å². The molecule has 4 rings (SSSR count). The zero-order valence-electron chi connectivity index (χ0n) is 14.7. The van der Waals surface area contributed by atoms with E-state index in [0.717, 1.165) is 36.9 Å². The summed E-state index contributed by atoms with van der Waals surface area (Å²) in [7, 11) is -2.38. The first-order valence-electron chi connectivity index (χ1n) is 9.16. The lowest BCUT2D eigenvalue weighted by atomic mass is 9.95. The number of aldehydes is 1. The van der Waals surface area contributed by atoms with Crippen molar-refractivity contribution < 1.29 is 18.6 Å². The molecule has 1 aliphatic carbocycles. The van der Waals surface area contributed by atoms with Gasteiger partial charge in [-0.25, -0.2) is 0 Å². The number of rotatable bonds is 3. The Morgan fingerprint density at radius 1 is 0.962 bits per heavy atom. The number of benzene rings is 2. The fourth-order valence-corrected chi connectivity index (χ4v) is 5.40. The van der Waals surface area contributed by atoms with Gasteiger partial charge in [-0.3, -0.25) is 13.9 Å². The van der Waals surface area contributed by atoms with Gasteiger partial charge in [0.25, 0.3) is 0 Å². The molecule has 4 nitrogen and oxygen atoms in total. The molecule has 2 aromatic carbocycles. The predicted molar refractivity (Wildman–Crippen MR) is 106 cm³/mol. The number of carbonyl (C=O) groups excluding carboxylic acids is 1. The molecule has 1 fully saturated rings. The van der Waals surface area contributed by atoms with Crippen LogP contribution in [-0.2, 0) is 12.8 Å². The van der Waals surface area contributed by atoms with Crippen LogP contribution in [0.1, 0.15) is 40.7 Å². The van der Waals surface area contributed by atoms with Crippen molar-refractivity contribution in [1.29, 1.82) is 0 Å². The predicted octanol–water partition coefficient (Wildman–Crippen LogP) is 4.95. The van der Waals surface area contributed by atoms with Crippen molar-refractivity contribution in [2.24, 2.45) is 0 Å². The second-order valence-electron chi connectivity index (χ2n) is 7.23. The quantitative estimate of drug-likeness (QED) is 0.749. The molecule has 138 valence electrons. The molecule has 0 unspecified atom stereocenters. The van der Waals surface area contributed by atoms with Gasteiger partial charge in [0.15, 0.2) is 0 Å². The highest BCUT2D eigenvalue weighted by atomic mass is 32.3. The fraction of sp³-hybridized carbons (Fsp3) is 0.381. The maximum Gasteiger partial charge on any atom is 0.150 e. The summed E-state index contributed by atoms with van der Waals surface area (Å²) in [5, 5.41) is 0. The maximum absolute atomic E-state index is 11.2. The average Bonchev–Trinajstić information content (AvgIpc) is 2.81. The molecule has 2 N–H and O–H groups in total. The molecular formula is C21H24O4S. The fourth-order valence-electron chi connectivity index (χ4n) is 3.92. The van der Waals surface area contributed by atoms with E-state index in [9.17, 15) is 13.9 Å². The highest BCUT2D eigenvalue weighted by molar-refractivity contribution is 8.24. The van der Waals surface area contributed by atoms with Crippen molar-refractivity contribution in [2.45, 2.75) is 38.2 Å². The van der Waals surface area contributed by atoms with Gasteiger partial charge in [0.2, 0.25) is 0 Å². The minimum absolute atomic E-state index is 0.0488. The molecule has 0 radical (unpaired) electrons. The Morgan fingerprint density at radius 2 is 1.73 bits per heavy atom. The number of hydrogen-bond acceptors (Lipinski definition) is 4. The molecule has 0 atom stereocenters. The van der Waals surface area contributed by atoms with Crippen molar-refractivity contribution in [3.05, 3.63) is 53.1 Å². The molecule has 2 aliphatic rings. The molecule has 0 aromatic heterocycles. The van der Waals surface area contributed by atoms with E-state index in [0.29, 0.717) is 29.9 Å². The number of ether oxygens (including phenoxy) is 1. The van der Waals surface area contributed by atoms with Crippen molar-refractivity contribution in [3.8, 4) is 16.9 Å². The summed E-state index contributed by atoms with van der Waals surface area (Å²) < 4.78 is 25.6. The highest BCUT2D eigenvalue weighted by Gasteiger charge is 2.25. The Hall–Kier alpha value is -1.82. The molecule has 1 saturated heterocycles. The van der Waals surface area contributed by atoms with Gasteiger partial charge in [-0.1, -0.05) is 18.2 Å². The standard InChI is InChI=1S/C21H24O4S/c22-14-15-4-5-16-2-1-3-17-13-19(6-7-20(17)21(16)12-15)25-18-8-10-26(23,24)11-9-18/h4-7,12-14,18,23-24H,1-3,8-11H2. The molecule has 0 amide bonds. The monoisotopic (exact) mass is 372 g/mol. The summed E-state index contributed by atoms with van der Waals surface area (Å²) in [6.07, 6.45) is 5.40. The maximum atomic E-state index is 11.2. The third-order valence-corrected chi connectivity index (χ3v) is 7.14. The lowest BCUT2D eigenvalue weighted by molar-refractivity contribution is 0.112. The first-order valence-corrected chi connectivity index (χ1v) is 11.0. The smallest absolute Gasteiger partial charge is 0.150 e. The van der Waals surface area contributed by atoms with Crippen LogP contribution in [0.25, 0.3) is 11.1 Å². The van der Waals surface area contributed by atoms with Crippen LogP contribution in [0.4, 0.5) is 0 Å². The molecule has 26 heavy (non-hydrogen) atoms. The van der Waals surface area contributed by atoms with Crippen LogP contribution in [0.2, 0.25) is 0 Å². The number of carbonyl (C=O) groups is 1. The van der Waals surface area contributed by atoms with Gasteiger partial charge in [0.05, 0.1) is 0 Å². The number of aryl methyl sites for hydroxylation is 2. The van der Waals surface area contributed by atoms with Gasteiger partial charge in [-0.05, 0) is 59.7 Å². The molecule has 2 aromatic rings. The van der Waals surface area contributed by atoms with Crippen molar-refractivity contribution in [2.75, 3.05) is 11.5 Å². The minimum atomic E-state index is -2.38. The average molecular weight is 372 g/mol. The van der Waals surface area contributed by atoms with Crippen LogP contribution in [0.5, 0.6) is 5.75 Å². The van der Waals surface area contributed by atoms with E-state index in [1.165, 1.54) is 16.7 Å². The molecule has 0 bridgehead atoms. The van der Waals surface area contributed by atoms with Gasteiger partial charge < -0.3 is 4.74 Å². The summed E-state index contributed by atoms with van der Waals surface area (Å²) in [6, 6.07) is 12.2. The SMILES string of the molecule is O=Cc1ccc2c(c1)-c1ccc(OC3CCS(O)(O)CC3)cc1CCC2. The summed E-state index contributed by atoms with van der Waals surface area (Å²) in [6.45, 7) is 0. The second-order valence-corrected chi connectivity index (χ2v) is 9.66. The van der Waals surface area contributed by atoms with Gasteiger partial charge in [-0.15, -0.1) is 0 Å². The molecule has 5 heteroatoms. The minimum Gasteiger partial charge on any atom is -0.490 e. The Morgan fingerprint density at radius 3 is 2.50 bits per heavy atom. The van der Waals surface area contributed by atoms with Crippen molar-refractivity contribution in [1.82, 2.24) is 0 Å². The van der Waals surface area contributed by atoms with Crippen LogP contribution in [0.3, 0.4) is 0 Å². The van der Waals surface area contributed by atoms with Crippen LogP contribution < -0.4 is 4.74 Å². The van der Waals surface area contributed by atoms with Gasteiger partial charge in [-0.2, -0.15) is 10.6 Å². The highest BCUT2D eigenvalue weighted by Crippen LogP contribution is 2.44. The molecule has 1 aliphatic heterocycles. The van der Waals surface area contributed by atoms with Crippen molar-refractivity contribution >= 4 is 16.9 Å². The summed E-state index contributed by atoms with van der Waals surface area (Å²) in [5.41, 5.74) is 5.59. The van der Waals surface area contributed by atoms with Crippen LogP contribution in [0, 0.1) is 0 Å². The Kier molecular flexibility index (Phi) is 4.78. The first-order chi connectivity index (χ1) is 12.5. The Balaban J connectivity index is 1.59. The van der Waals surface area contributed by atoms with Crippen LogP contribution >= 0.6 is 10.6 Å². The molecular weight excluding hydrogens is 348 g/mol. The van der Waals surface area contributed by atoms with E-state index in [4.69, 9.17) is 4.74 Å². The molecule has 1 heterocycles. The summed E-state index contributed by atoms with van der Waals surface area (Å²) >= 11 is 0. The van der Waals surface area contributed by atoms with E-state index in [1.54, 1.807) is 0 Å². The second kappa shape index (κ2) is 7.06. The molecule has 0 spiro atoms. The summed E-state index contributed by atoms with van der Waals surface area (Å²) in [4.78, 5) is 11.2. The van der Waals surface area contributed by atoms with Gasteiger partial charge >= 0.3 is 0 Å². The normalized spacial score (nSPS) is 20.4.